The van der Waals surface area contributed by atoms with E-state index in [1.165, 1.54) is 38.5 Å². The Labute approximate surface area is 206 Å². The van der Waals surface area contributed by atoms with Crippen LogP contribution in [0.2, 0.25) is 0 Å². The number of aromatic nitrogens is 3. The number of hydrogen-bond acceptors (Lipinski definition) is 3. The average molecular weight is 475 g/mol. The van der Waals surface area contributed by atoms with E-state index in [1.54, 1.807) is 11.8 Å². The highest BCUT2D eigenvalue weighted by Crippen LogP contribution is 2.61. The van der Waals surface area contributed by atoms with Gasteiger partial charge in [-0.05, 0) is 92.9 Å². The summed E-state index contributed by atoms with van der Waals surface area (Å²) in [4.78, 5) is 12.9. The average Bonchev–Trinajstić information content (AvgIpc) is 3.48. The van der Waals surface area contributed by atoms with Gasteiger partial charge in [0.25, 0.3) is 0 Å². The van der Waals surface area contributed by atoms with Crippen LogP contribution in [0.1, 0.15) is 51.0 Å². The molecule has 0 saturated heterocycles. The van der Waals surface area contributed by atoms with Crippen molar-refractivity contribution < 1.29 is 4.79 Å². The van der Waals surface area contributed by atoms with E-state index in [9.17, 15) is 4.79 Å². The first-order chi connectivity index (χ1) is 16.6. The zero-order valence-corrected chi connectivity index (χ0v) is 20.7. The molecule has 0 radical (unpaired) electrons. The highest BCUT2D eigenvalue weighted by Gasteiger charge is 2.53. The quantitative estimate of drug-likeness (QED) is 0.461. The van der Waals surface area contributed by atoms with Gasteiger partial charge in [-0.2, -0.15) is 5.10 Å². The lowest BCUT2D eigenvalue weighted by Crippen LogP contribution is -2.56. The topological polar surface area (TPSA) is 51.9 Å². The second kappa shape index (κ2) is 8.95. The van der Waals surface area contributed by atoms with Gasteiger partial charge in [-0.1, -0.05) is 18.2 Å². The van der Waals surface area contributed by atoms with Crippen LogP contribution in [0.5, 0.6) is 0 Å². The van der Waals surface area contributed by atoms with Gasteiger partial charge in [-0.15, -0.1) is 11.8 Å². The van der Waals surface area contributed by atoms with Crippen molar-refractivity contribution in [1.82, 2.24) is 19.7 Å². The van der Waals surface area contributed by atoms with E-state index in [0.29, 0.717) is 11.2 Å². The van der Waals surface area contributed by atoms with Crippen LogP contribution < -0.4 is 5.32 Å². The maximum Gasteiger partial charge on any atom is 0.230 e. The first-order valence-electron chi connectivity index (χ1n) is 12.7. The van der Waals surface area contributed by atoms with Crippen LogP contribution >= 0.6 is 11.8 Å². The molecule has 2 aromatic heterocycles. The van der Waals surface area contributed by atoms with E-state index in [-0.39, 0.29) is 11.9 Å². The highest BCUT2D eigenvalue weighted by atomic mass is 32.2. The number of amides is 1. The number of para-hydroxylation sites is 1. The molecule has 4 bridgehead atoms. The van der Waals surface area contributed by atoms with Crippen molar-refractivity contribution in [3.8, 4) is 11.5 Å². The third-order valence-corrected chi connectivity index (χ3v) is 9.52. The fraction of sp³-hybridized carbons (Fsp3) is 0.500. The molecule has 1 N–H and O–H groups in total. The third kappa shape index (κ3) is 4.10. The van der Waals surface area contributed by atoms with Gasteiger partial charge in [0.1, 0.15) is 5.82 Å². The van der Waals surface area contributed by atoms with E-state index in [2.05, 4.69) is 34.0 Å². The van der Waals surface area contributed by atoms with Crippen LogP contribution in [0.25, 0.3) is 11.5 Å². The number of benzene rings is 1. The molecular weight excluding hydrogens is 440 g/mol. The summed E-state index contributed by atoms with van der Waals surface area (Å²) in [5.41, 5.74) is 2.52. The molecule has 34 heavy (non-hydrogen) atoms. The van der Waals surface area contributed by atoms with Crippen molar-refractivity contribution in [2.75, 3.05) is 5.75 Å². The van der Waals surface area contributed by atoms with Crippen molar-refractivity contribution >= 4 is 17.7 Å². The summed E-state index contributed by atoms with van der Waals surface area (Å²) in [6, 6.07) is 14.5. The SMILES string of the molecule is CC(NC(=O)CSCc1cnn(-c2ccccc2)c1-n1cccc1)C12CC3CC(CC(C3)C1)C2. The Morgan fingerprint density at radius 1 is 1.06 bits per heavy atom. The largest absolute Gasteiger partial charge is 0.352 e. The first-order valence-corrected chi connectivity index (χ1v) is 13.9. The van der Waals surface area contributed by atoms with E-state index < -0.39 is 0 Å². The minimum Gasteiger partial charge on any atom is -0.352 e. The molecule has 1 amide bonds. The van der Waals surface area contributed by atoms with Crippen LogP contribution in [-0.4, -0.2) is 32.0 Å². The maximum absolute atomic E-state index is 12.9. The van der Waals surface area contributed by atoms with Crippen molar-refractivity contribution in [2.45, 2.75) is 57.2 Å². The summed E-state index contributed by atoms with van der Waals surface area (Å²) in [7, 11) is 0. The second-order valence-electron chi connectivity index (χ2n) is 10.9. The van der Waals surface area contributed by atoms with Gasteiger partial charge in [-0.3, -0.25) is 4.79 Å². The predicted octanol–water partition coefficient (Wildman–Crippen LogP) is 5.62. The molecule has 0 spiro atoms. The molecular formula is C28H34N4OS. The monoisotopic (exact) mass is 474 g/mol. The smallest absolute Gasteiger partial charge is 0.230 e. The van der Waals surface area contributed by atoms with Gasteiger partial charge in [-0.25, -0.2) is 4.68 Å². The standard InChI is InChI=1S/C28H34N4OS/c1-20(28-14-21-11-22(15-28)13-23(12-21)16-28)30-26(33)19-34-18-24-17-29-32(25-7-3-2-4-8-25)27(24)31-9-5-6-10-31/h2-10,17,20-23H,11-16,18-19H2,1H3,(H,30,33). The Morgan fingerprint density at radius 2 is 1.71 bits per heavy atom. The van der Waals surface area contributed by atoms with Gasteiger partial charge in [0.15, 0.2) is 0 Å². The number of hydrogen-bond donors (Lipinski definition) is 1. The summed E-state index contributed by atoms with van der Waals surface area (Å²) in [5.74, 6) is 5.17. The molecule has 1 aromatic carbocycles. The zero-order chi connectivity index (χ0) is 23.1. The van der Waals surface area contributed by atoms with Gasteiger partial charge < -0.3 is 9.88 Å². The molecule has 2 heterocycles. The van der Waals surface area contributed by atoms with Crippen LogP contribution in [0, 0.1) is 23.2 Å². The number of nitrogens with zero attached hydrogens (tertiary/aromatic N) is 3. The summed E-state index contributed by atoms with van der Waals surface area (Å²) >= 11 is 1.67. The fourth-order valence-corrected chi connectivity index (χ4v) is 8.18. The molecule has 7 rings (SSSR count). The molecule has 6 heteroatoms. The molecule has 3 aromatic rings. The zero-order valence-electron chi connectivity index (χ0n) is 19.9. The molecule has 5 nitrogen and oxygen atoms in total. The van der Waals surface area contributed by atoms with E-state index in [0.717, 1.165) is 40.6 Å². The second-order valence-corrected chi connectivity index (χ2v) is 11.9. The van der Waals surface area contributed by atoms with Gasteiger partial charge in [0.05, 0.1) is 17.6 Å². The minimum absolute atomic E-state index is 0.172. The van der Waals surface area contributed by atoms with E-state index in [1.807, 2.05) is 53.6 Å². The van der Waals surface area contributed by atoms with E-state index >= 15 is 0 Å². The molecule has 4 aliphatic carbocycles. The molecule has 1 unspecified atom stereocenters. The predicted molar refractivity (Wildman–Crippen MR) is 137 cm³/mol. The van der Waals surface area contributed by atoms with Gasteiger partial charge in [0.2, 0.25) is 5.91 Å². The number of rotatable bonds is 8. The highest BCUT2D eigenvalue weighted by molar-refractivity contribution is 7.99. The minimum atomic E-state index is 0.172. The number of carbonyl (C=O) groups is 1. The van der Waals surface area contributed by atoms with Crippen molar-refractivity contribution in [1.29, 1.82) is 0 Å². The lowest BCUT2D eigenvalue weighted by molar-refractivity contribution is -0.123. The maximum atomic E-state index is 12.9. The third-order valence-electron chi connectivity index (χ3n) is 8.54. The first kappa shape index (κ1) is 22.0. The number of carbonyl (C=O) groups excluding carboxylic acids is 1. The molecule has 1 atom stereocenters. The summed E-state index contributed by atoms with van der Waals surface area (Å²) in [6.45, 7) is 2.27. The Bertz CT molecular complexity index is 1100. The lowest BCUT2D eigenvalue weighted by Gasteiger charge is -2.59. The van der Waals surface area contributed by atoms with Crippen LogP contribution in [0.3, 0.4) is 0 Å². The molecule has 4 aliphatic rings. The van der Waals surface area contributed by atoms with Crippen molar-refractivity contribution in [2.24, 2.45) is 23.2 Å². The summed E-state index contributed by atoms with van der Waals surface area (Å²) in [6.07, 6.45) is 14.3. The molecule has 178 valence electrons. The van der Waals surface area contributed by atoms with Gasteiger partial charge >= 0.3 is 0 Å². The van der Waals surface area contributed by atoms with Crippen LogP contribution in [0.4, 0.5) is 0 Å². The molecule has 4 fully saturated rings. The van der Waals surface area contributed by atoms with E-state index in [4.69, 9.17) is 0 Å². The normalized spacial score (nSPS) is 28.2. The molecule has 4 saturated carbocycles. The fourth-order valence-electron chi connectivity index (χ4n) is 7.38. The number of thioether (sulfide) groups is 1. The number of nitrogens with one attached hydrogen (secondary N) is 1. The molecule has 0 aliphatic heterocycles. The summed E-state index contributed by atoms with van der Waals surface area (Å²) < 4.78 is 4.08. The van der Waals surface area contributed by atoms with Crippen LogP contribution in [-0.2, 0) is 10.5 Å². The Balaban J connectivity index is 1.10. The van der Waals surface area contributed by atoms with Crippen LogP contribution in [0.15, 0.2) is 61.1 Å². The summed E-state index contributed by atoms with van der Waals surface area (Å²) in [5, 5.41) is 8.09. The Kier molecular flexibility index (Phi) is 5.80. The Hall–Kier alpha value is -2.47. The lowest BCUT2D eigenvalue weighted by atomic mass is 9.48. The van der Waals surface area contributed by atoms with Crippen molar-refractivity contribution in [3.05, 3.63) is 66.6 Å². The van der Waals surface area contributed by atoms with Crippen molar-refractivity contribution in [3.63, 3.8) is 0 Å². The van der Waals surface area contributed by atoms with Gasteiger partial charge in [0, 0.05) is 29.8 Å². The Morgan fingerprint density at radius 3 is 2.35 bits per heavy atom.